The molecule has 7 heteroatoms. The Hall–Kier alpha value is -3.71. The van der Waals surface area contributed by atoms with E-state index in [-0.39, 0.29) is 12.1 Å². The van der Waals surface area contributed by atoms with Crippen LogP contribution in [-0.2, 0) is 6.54 Å². The largest absolute Gasteiger partial charge is 0.378 e. The van der Waals surface area contributed by atoms with Crippen LogP contribution >= 0.6 is 12.2 Å². The molecular weight excluding hydrogens is 428 g/mol. The Morgan fingerprint density at radius 2 is 1.73 bits per heavy atom. The summed E-state index contributed by atoms with van der Waals surface area (Å²) in [6.45, 7) is 0.688. The number of nitrogens with one attached hydrogen (secondary N) is 1. The average molecular weight is 455 g/mol. The van der Waals surface area contributed by atoms with Gasteiger partial charge in [-0.2, -0.15) is 0 Å². The van der Waals surface area contributed by atoms with Crippen molar-refractivity contribution >= 4 is 23.0 Å². The average Bonchev–Trinajstić information content (AvgIpc) is 3.45. The predicted octanol–water partition coefficient (Wildman–Crippen LogP) is 4.51. The van der Waals surface area contributed by atoms with Crippen molar-refractivity contribution in [3.8, 4) is 5.69 Å². The van der Waals surface area contributed by atoms with E-state index in [4.69, 9.17) is 12.2 Å². The van der Waals surface area contributed by atoms with Gasteiger partial charge < -0.3 is 19.7 Å². The first-order valence-electron chi connectivity index (χ1n) is 10.9. The molecule has 6 nitrogen and oxygen atoms in total. The number of anilines is 1. The monoisotopic (exact) mass is 454 g/mol. The lowest BCUT2D eigenvalue weighted by Gasteiger charge is -2.29. The third-order valence-electron chi connectivity index (χ3n) is 6.03. The lowest BCUT2D eigenvalue weighted by Crippen LogP contribution is -2.30. The molecule has 0 unspecified atom stereocenters. The van der Waals surface area contributed by atoms with Crippen molar-refractivity contribution in [1.82, 2.24) is 24.8 Å². The highest BCUT2D eigenvalue weighted by Crippen LogP contribution is 2.40. The van der Waals surface area contributed by atoms with Crippen LogP contribution in [0.3, 0.4) is 0 Å². The second kappa shape index (κ2) is 9.03. The van der Waals surface area contributed by atoms with Crippen molar-refractivity contribution in [2.75, 3.05) is 19.0 Å². The molecule has 0 amide bonds. The molecule has 1 aromatic carbocycles. The van der Waals surface area contributed by atoms with Gasteiger partial charge in [0, 0.05) is 62.5 Å². The number of rotatable bonds is 6. The van der Waals surface area contributed by atoms with Gasteiger partial charge >= 0.3 is 0 Å². The van der Waals surface area contributed by atoms with Gasteiger partial charge in [-0.1, -0.05) is 6.07 Å². The normalized spacial score (nSPS) is 17.8. The van der Waals surface area contributed by atoms with Crippen LogP contribution in [0.25, 0.3) is 5.69 Å². The van der Waals surface area contributed by atoms with Crippen LogP contribution in [0.1, 0.15) is 29.0 Å². The highest BCUT2D eigenvalue weighted by atomic mass is 32.1. The van der Waals surface area contributed by atoms with Crippen molar-refractivity contribution in [3.05, 3.63) is 108 Å². The van der Waals surface area contributed by atoms with Crippen LogP contribution in [-0.4, -0.2) is 38.6 Å². The second-order valence-electron chi connectivity index (χ2n) is 8.32. The van der Waals surface area contributed by atoms with E-state index >= 15 is 0 Å². The van der Waals surface area contributed by atoms with Crippen LogP contribution in [0.5, 0.6) is 0 Å². The van der Waals surface area contributed by atoms with Crippen molar-refractivity contribution in [2.24, 2.45) is 0 Å². The highest BCUT2D eigenvalue weighted by molar-refractivity contribution is 7.80. The Balaban J connectivity index is 1.57. The van der Waals surface area contributed by atoms with E-state index in [1.165, 1.54) is 5.69 Å². The molecule has 166 valence electrons. The minimum absolute atomic E-state index is 0.0240. The summed E-state index contributed by atoms with van der Waals surface area (Å²) in [7, 11) is 4.10. The van der Waals surface area contributed by atoms with E-state index in [1.54, 1.807) is 0 Å². The summed E-state index contributed by atoms with van der Waals surface area (Å²) >= 11 is 5.83. The minimum Gasteiger partial charge on any atom is -0.378 e. The summed E-state index contributed by atoms with van der Waals surface area (Å²) in [6, 6.07) is 22.9. The van der Waals surface area contributed by atoms with Crippen LogP contribution < -0.4 is 10.2 Å². The van der Waals surface area contributed by atoms with Gasteiger partial charge in [0.2, 0.25) is 0 Å². The lowest BCUT2D eigenvalue weighted by atomic mass is 10.0. The predicted molar refractivity (Wildman–Crippen MR) is 135 cm³/mol. The summed E-state index contributed by atoms with van der Waals surface area (Å²) < 4.78 is 2.25. The molecule has 1 aliphatic heterocycles. The number of benzene rings is 1. The van der Waals surface area contributed by atoms with Gasteiger partial charge in [-0.05, 0) is 78.4 Å². The fourth-order valence-electron chi connectivity index (χ4n) is 4.36. The van der Waals surface area contributed by atoms with E-state index < -0.39 is 0 Å². The van der Waals surface area contributed by atoms with Crippen molar-refractivity contribution in [1.29, 1.82) is 0 Å². The van der Waals surface area contributed by atoms with Gasteiger partial charge in [-0.25, -0.2) is 0 Å². The molecule has 2 atom stereocenters. The molecule has 4 aromatic rings. The van der Waals surface area contributed by atoms with Gasteiger partial charge in [-0.15, -0.1) is 0 Å². The fourth-order valence-corrected chi connectivity index (χ4v) is 4.67. The number of aromatic nitrogens is 3. The van der Waals surface area contributed by atoms with Crippen molar-refractivity contribution < 1.29 is 0 Å². The lowest BCUT2D eigenvalue weighted by molar-refractivity contribution is 0.302. The van der Waals surface area contributed by atoms with E-state index in [9.17, 15) is 0 Å². The zero-order chi connectivity index (χ0) is 22.8. The summed E-state index contributed by atoms with van der Waals surface area (Å²) in [4.78, 5) is 13.2. The topological polar surface area (TPSA) is 49.2 Å². The molecule has 5 rings (SSSR count). The van der Waals surface area contributed by atoms with Crippen LogP contribution in [0, 0.1) is 0 Å². The molecule has 33 heavy (non-hydrogen) atoms. The maximum Gasteiger partial charge on any atom is 0.170 e. The third kappa shape index (κ3) is 4.19. The van der Waals surface area contributed by atoms with E-state index in [1.807, 2.05) is 42.9 Å². The summed E-state index contributed by atoms with van der Waals surface area (Å²) in [5, 5.41) is 4.27. The van der Waals surface area contributed by atoms with E-state index in [0.29, 0.717) is 6.54 Å². The third-order valence-corrected chi connectivity index (χ3v) is 6.38. The zero-order valence-electron chi connectivity index (χ0n) is 18.7. The van der Waals surface area contributed by atoms with Crippen LogP contribution in [0.4, 0.5) is 5.69 Å². The quantitative estimate of drug-likeness (QED) is 0.433. The molecule has 0 radical (unpaired) electrons. The van der Waals surface area contributed by atoms with Gasteiger partial charge in [-0.3, -0.25) is 9.97 Å². The van der Waals surface area contributed by atoms with Gasteiger partial charge in [0.1, 0.15) is 0 Å². The van der Waals surface area contributed by atoms with Gasteiger partial charge in [0.25, 0.3) is 0 Å². The summed E-state index contributed by atoms with van der Waals surface area (Å²) in [5.74, 6) is 0. The molecule has 0 bridgehead atoms. The standard InChI is InChI=1S/C26H26N6S/c1-30(2)20-8-10-21(11-9-20)31-17-5-7-23(31)25-24(22-6-3-4-14-28-22)29-26(33)32(25)18-19-12-15-27-16-13-19/h3-17,24-25H,18H2,1-2H3,(H,29,33)/t24-,25-/m0/s1. The number of pyridine rings is 2. The Morgan fingerprint density at radius 3 is 2.42 bits per heavy atom. The summed E-state index contributed by atoms with van der Waals surface area (Å²) in [6.07, 6.45) is 7.59. The molecule has 3 aromatic heterocycles. The van der Waals surface area contributed by atoms with Gasteiger partial charge in [0.15, 0.2) is 5.11 Å². The zero-order valence-corrected chi connectivity index (χ0v) is 19.5. The smallest absolute Gasteiger partial charge is 0.170 e. The molecule has 0 saturated carbocycles. The Kier molecular flexibility index (Phi) is 5.79. The molecule has 1 aliphatic rings. The molecule has 1 fully saturated rings. The van der Waals surface area contributed by atoms with E-state index in [0.717, 1.165) is 27.8 Å². The SMILES string of the molecule is CN(C)c1ccc(-n2cccc2[C@H]2[C@H](c3ccccn3)NC(=S)N2Cc2ccncc2)cc1. The Labute approximate surface area is 199 Å². The molecule has 1 N–H and O–H groups in total. The number of hydrogen-bond acceptors (Lipinski definition) is 4. The first-order chi connectivity index (χ1) is 16.1. The second-order valence-corrected chi connectivity index (χ2v) is 8.71. The van der Waals surface area contributed by atoms with E-state index in [2.05, 4.69) is 92.4 Å². The minimum atomic E-state index is -0.0600. The first-order valence-corrected chi connectivity index (χ1v) is 11.3. The maximum atomic E-state index is 5.83. The fraction of sp³-hybridized carbons (Fsp3) is 0.192. The molecule has 4 heterocycles. The highest BCUT2D eigenvalue weighted by Gasteiger charge is 2.41. The molecule has 1 saturated heterocycles. The summed E-state index contributed by atoms with van der Waals surface area (Å²) in [5.41, 5.74) is 5.57. The number of nitrogens with zero attached hydrogens (tertiary/aromatic N) is 5. The van der Waals surface area contributed by atoms with Crippen molar-refractivity contribution in [3.63, 3.8) is 0 Å². The maximum absolute atomic E-state index is 5.83. The number of thiocarbonyl (C=S) groups is 1. The van der Waals surface area contributed by atoms with Crippen molar-refractivity contribution in [2.45, 2.75) is 18.6 Å². The Bertz CT molecular complexity index is 1220. The molecule has 0 aliphatic carbocycles. The molecular formula is C26H26N6S. The van der Waals surface area contributed by atoms with Gasteiger partial charge in [0.05, 0.1) is 17.8 Å². The molecule has 0 spiro atoms. The first kappa shape index (κ1) is 21.2. The number of hydrogen-bond donors (Lipinski definition) is 1. The van der Waals surface area contributed by atoms with Crippen LogP contribution in [0.2, 0.25) is 0 Å². The van der Waals surface area contributed by atoms with Crippen LogP contribution in [0.15, 0.2) is 91.5 Å². The Morgan fingerprint density at radius 1 is 0.939 bits per heavy atom.